The summed E-state index contributed by atoms with van der Waals surface area (Å²) >= 11 is 0. The molecule has 2 aromatic carbocycles. The first kappa shape index (κ1) is 20.5. The zero-order valence-corrected chi connectivity index (χ0v) is 15.6. The molecule has 0 saturated heterocycles. The van der Waals surface area contributed by atoms with Gasteiger partial charge in [-0.25, -0.2) is 8.78 Å². The number of hydrogen-bond donors (Lipinski definition) is 3. The normalized spacial score (nSPS) is 11.3. The summed E-state index contributed by atoms with van der Waals surface area (Å²) in [6, 6.07) is 8.64. The van der Waals surface area contributed by atoms with E-state index in [9.17, 15) is 13.9 Å². The van der Waals surface area contributed by atoms with Crippen LogP contribution in [0.4, 0.5) is 8.78 Å². The minimum absolute atomic E-state index is 0.105. The van der Waals surface area contributed by atoms with Crippen LogP contribution < -0.4 is 15.4 Å². The first-order valence-corrected chi connectivity index (χ1v) is 8.85. The molecule has 0 spiro atoms. The molecule has 2 aromatic rings. The number of methoxy groups -OCH3 is 1. The molecule has 0 radical (unpaired) electrons. The van der Waals surface area contributed by atoms with E-state index in [1.165, 1.54) is 13.2 Å². The van der Waals surface area contributed by atoms with Crippen LogP contribution in [0.1, 0.15) is 18.1 Å². The number of aromatic hydroxyl groups is 1. The van der Waals surface area contributed by atoms with Crippen LogP contribution in [0.3, 0.4) is 0 Å². The molecule has 7 heteroatoms. The predicted octanol–water partition coefficient (Wildman–Crippen LogP) is 3.02. The van der Waals surface area contributed by atoms with Gasteiger partial charge in [-0.15, -0.1) is 0 Å². The van der Waals surface area contributed by atoms with Crippen molar-refractivity contribution in [3.63, 3.8) is 0 Å². The molecule has 0 fully saturated rings. The van der Waals surface area contributed by atoms with Crippen molar-refractivity contribution in [3.05, 3.63) is 59.2 Å². The summed E-state index contributed by atoms with van der Waals surface area (Å²) in [6.07, 6.45) is 1.02. The van der Waals surface area contributed by atoms with E-state index in [0.717, 1.165) is 17.7 Å². The Hall–Kier alpha value is -2.83. The van der Waals surface area contributed by atoms with Crippen molar-refractivity contribution in [2.45, 2.75) is 19.8 Å². The Labute approximate surface area is 158 Å². The summed E-state index contributed by atoms with van der Waals surface area (Å²) < 4.78 is 32.0. The predicted molar refractivity (Wildman–Crippen MR) is 102 cm³/mol. The lowest BCUT2D eigenvalue weighted by Crippen LogP contribution is -2.38. The quantitative estimate of drug-likeness (QED) is 0.489. The molecule has 0 bridgehead atoms. The number of guanidine groups is 1. The maximum atomic E-state index is 13.6. The Bertz CT molecular complexity index is 782. The number of ether oxygens (including phenoxy) is 1. The largest absolute Gasteiger partial charge is 0.504 e. The third-order valence-electron chi connectivity index (χ3n) is 3.95. The molecule has 0 amide bonds. The second-order valence-electron chi connectivity index (χ2n) is 5.93. The molecule has 27 heavy (non-hydrogen) atoms. The molecule has 0 heterocycles. The number of phenolic OH excluding ortho intramolecular Hbond substituents is 1. The fourth-order valence-electron chi connectivity index (χ4n) is 2.57. The summed E-state index contributed by atoms with van der Waals surface area (Å²) in [5.74, 6) is 0.273. The van der Waals surface area contributed by atoms with E-state index in [0.29, 0.717) is 49.7 Å². The number of nitrogens with zero attached hydrogens (tertiary/aromatic N) is 1. The molecule has 5 nitrogen and oxygen atoms in total. The molecule has 0 saturated carbocycles. The standard InChI is InChI=1S/C20H25F2N3O2/c1-3-23-20(25-11-9-15-13-16(21)5-6-17(15)22)24-10-8-14-4-7-18(26)19(12-14)27-2/h4-7,12-13,26H,3,8-11H2,1-2H3,(H2,23,24,25). The topological polar surface area (TPSA) is 65.9 Å². The van der Waals surface area contributed by atoms with Crippen molar-refractivity contribution in [1.29, 1.82) is 0 Å². The average Bonchev–Trinajstić information content (AvgIpc) is 2.65. The van der Waals surface area contributed by atoms with Gasteiger partial charge in [0.1, 0.15) is 11.6 Å². The van der Waals surface area contributed by atoms with Gasteiger partial charge in [-0.3, -0.25) is 4.99 Å². The van der Waals surface area contributed by atoms with Crippen molar-refractivity contribution in [1.82, 2.24) is 10.6 Å². The molecular weight excluding hydrogens is 352 g/mol. The molecule has 3 N–H and O–H groups in total. The third kappa shape index (κ3) is 6.44. The van der Waals surface area contributed by atoms with Crippen molar-refractivity contribution >= 4 is 5.96 Å². The summed E-state index contributed by atoms with van der Waals surface area (Å²) in [5, 5.41) is 15.9. The van der Waals surface area contributed by atoms with Crippen molar-refractivity contribution < 1.29 is 18.6 Å². The van der Waals surface area contributed by atoms with Crippen LogP contribution in [0.25, 0.3) is 0 Å². The number of nitrogens with one attached hydrogen (secondary N) is 2. The Morgan fingerprint density at radius 3 is 2.67 bits per heavy atom. The number of hydrogen-bond acceptors (Lipinski definition) is 3. The number of benzene rings is 2. The van der Waals surface area contributed by atoms with Gasteiger partial charge in [0.15, 0.2) is 17.5 Å². The van der Waals surface area contributed by atoms with Crippen LogP contribution >= 0.6 is 0 Å². The summed E-state index contributed by atoms with van der Waals surface area (Å²) in [4.78, 5) is 4.40. The Kier molecular flexibility index (Phi) is 7.85. The number of rotatable bonds is 8. The van der Waals surface area contributed by atoms with Gasteiger partial charge in [0, 0.05) is 19.6 Å². The third-order valence-corrected chi connectivity index (χ3v) is 3.95. The van der Waals surface area contributed by atoms with E-state index in [4.69, 9.17) is 4.74 Å². The van der Waals surface area contributed by atoms with Gasteiger partial charge in [0.2, 0.25) is 0 Å². The highest BCUT2D eigenvalue weighted by Crippen LogP contribution is 2.26. The van der Waals surface area contributed by atoms with Gasteiger partial charge in [0.05, 0.1) is 7.11 Å². The monoisotopic (exact) mass is 377 g/mol. The lowest BCUT2D eigenvalue weighted by molar-refractivity contribution is 0.373. The molecule has 0 atom stereocenters. The highest BCUT2D eigenvalue weighted by molar-refractivity contribution is 5.79. The Morgan fingerprint density at radius 2 is 1.93 bits per heavy atom. The lowest BCUT2D eigenvalue weighted by atomic mass is 10.1. The van der Waals surface area contributed by atoms with Crippen LogP contribution in [0, 0.1) is 11.6 Å². The van der Waals surface area contributed by atoms with Crippen LogP contribution in [-0.2, 0) is 12.8 Å². The summed E-state index contributed by atoms with van der Waals surface area (Å²) in [5.41, 5.74) is 1.32. The van der Waals surface area contributed by atoms with E-state index < -0.39 is 11.6 Å². The lowest BCUT2D eigenvalue weighted by Gasteiger charge is -2.12. The minimum Gasteiger partial charge on any atom is -0.504 e. The zero-order valence-electron chi connectivity index (χ0n) is 15.6. The number of phenols is 1. The molecule has 0 aliphatic heterocycles. The van der Waals surface area contributed by atoms with Crippen LogP contribution in [0.2, 0.25) is 0 Å². The van der Waals surface area contributed by atoms with Crippen molar-refractivity contribution in [3.8, 4) is 11.5 Å². The van der Waals surface area contributed by atoms with Crippen molar-refractivity contribution in [2.24, 2.45) is 4.99 Å². The number of aliphatic imine (C=N–C) groups is 1. The second-order valence-corrected chi connectivity index (χ2v) is 5.93. The van der Waals surface area contributed by atoms with Crippen LogP contribution in [0.5, 0.6) is 11.5 Å². The zero-order chi connectivity index (χ0) is 19.6. The molecule has 0 aliphatic rings. The van der Waals surface area contributed by atoms with Gasteiger partial charge >= 0.3 is 0 Å². The van der Waals surface area contributed by atoms with Gasteiger partial charge < -0.3 is 20.5 Å². The van der Waals surface area contributed by atoms with Crippen LogP contribution in [-0.4, -0.2) is 37.8 Å². The molecule has 146 valence electrons. The highest BCUT2D eigenvalue weighted by Gasteiger charge is 2.05. The molecule has 0 unspecified atom stereocenters. The smallest absolute Gasteiger partial charge is 0.191 e. The summed E-state index contributed by atoms with van der Waals surface area (Å²) in [6.45, 7) is 3.60. The second kappa shape index (κ2) is 10.4. The number of halogens is 2. The SMILES string of the molecule is CCNC(=NCCc1cc(F)ccc1F)NCCc1ccc(O)c(OC)c1. The fourth-order valence-corrected chi connectivity index (χ4v) is 2.57. The van der Waals surface area contributed by atoms with E-state index in [1.807, 2.05) is 13.0 Å². The maximum absolute atomic E-state index is 13.6. The Balaban J connectivity index is 1.88. The molecule has 0 aromatic heterocycles. The first-order chi connectivity index (χ1) is 13.0. The fraction of sp³-hybridized carbons (Fsp3) is 0.350. The molecule has 2 rings (SSSR count). The van der Waals surface area contributed by atoms with Crippen molar-refractivity contribution in [2.75, 3.05) is 26.7 Å². The average molecular weight is 377 g/mol. The molecule has 0 aliphatic carbocycles. The molecular formula is C20H25F2N3O2. The maximum Gasteiger partial charge on any atom is 0.191 e. The van der Waals surface area contributed by atoms with Gasteiger partial charge in [-0.05, 0) is 61.2 Å². The van der Waals surface area contributed by atoms with E-state index in [1.54, 1.807) is 12.1 Å². The van der Waals surface area contributed by atoms with E-state index >= 15 is 0 Å². The Morgan fingerprint density at radius 1 is 1.11 bits per heavy atom. The highest BCUT2D eigenvalue weighted by atomic mass is 19.1. The summed E-state index contributed by atoms with van der Waals surface area (Å²) in [7, 11) is 1.51. The van der Waals surface area contributed by atoms with E-state index in [2.05, 4.69) is 15.6 Å². The first-order valence-electron chi connectivity index (χ1n) is 8.85. The van der Waals surface area contributed by atoms with E-state index in [-0.39, 0.29) is 5.75 Å². The van der Waals surface area contributed by atoms with Gasteiger partial charge in [-0.2, -0.15) is 0 Å². The van der Waals surface area contributed by atoms with Gasteiger partial charge in [0.25, 0.3) is 0 Å². The minimum atomic E-state index is -0.454. The van der Waals surface area contributed by atoms with Gasteiger partial charge in [-0.1, -0.05) is 6.07 Å². The van der Waals surface area contributed by atoms with Crippen LogP contribution in [0.15, 0.2) is 41.4 Å².